The SMILES string of the molecule is C#CCN1CCC(Nc2ccc(C(C)(C)C#N)cc2)CC1. The topological polar surface area (TPSA) is 39.1 Å². The Morgan fingerprint density at radius 1 is 1.29 bits per heavy atom. The zero-order valence-corrected chi connectivity index (χ0v) is 12.9. The Morgan fingerprint density at radius 2 is 1.90 bits per heavy atom. The molecule has 0 spiro atoms. The van der Waals surface area contributed by atoms with Crippen LogP contribution < -0.4 is 5.32 Å². The van der Waals surface area contributed by atoms with Gasteiger partial charge in [0, 0.05) is 24.8 Å². The molecular formula is C18H23N3. The molecule has 0 bridgehead atoms. The van der Waals surface area contributed by atoms with Crippen molar-refractivity contribution in [2.45, 2.75) is 38.1 Å². The van der Waals surface area contributed by atoms with E-state index < -0.39 is 5.41 Å². The molecule has 2 rings (SSSR count). The van der Waals surface area contributed by atoms with Crippen LogP contribution in [0.4, 0.5) is 5.69 Å². The number of benzene rings is 1. The molecule has 1 heterocycles. The molecular weight excluding hydrogens is 258 g/mol. The van der Waals surface area contributed by atoms with E-state index in [4.69, 9.17) is 11.7 Å². The van der Waals surface area contributed by atoms with Crippen molar-refractivity contribution in [2.75, 3.05) is 25.0 Å². The minimum Gasteiger partial charge on any atom is -0.382 e. The summed E-state index contributed by atoms with van der Waals surface area (Å²) in [6, 6.07) is 11.1. The van der Waals surface area contributed by atoms with E-state index in [0.717, 1.165) is 43.7 Å². The van der Waals surface area contributed by atoms with Crippen molar-refractivity contribution in [3.63, 3.8) is 0 Å². The third kappa shape index (κ3) is 4.00. The summed E-state index contributed by atoms with van der Waals surface area (Å²) in [5, 5.41) is 12.7. The molecule has 1 saturated heterocycles. The Labute approximate surface area is 128 Å². The van der Waals surface area contributed by atoms with Crippen molar-refractivity contribution < 1.29 is 0 Å². The van der Waals surface area contributed by atoms with E-state index in [1.54, 1.807) is 0 Å². The highest BCUT2D eigenvalue weighted by atomic mass is 15.1. The molecule has 0 radical (unpaired) electrons. The average molecular weight is 281 g/mol. The van der Waals surface area contributed by atoms with Gasteiger partial charge in [-0.1, -0.05) is 18.1 Å². The normalized spacial score (nSPS) is 17.0. The molecule has 1 N–H and O–H groups in total. The summed E-state index contributed by atoms with van der Waals surface area (Å²) in [5.41, 5.74) is 1.75. The standard InChI is InChI=1S/C18H23N3/c1-4-11-21-12-9-17(10-13-21)20-16-7-5-15(6-8-16)18(2,3)14-19/h1,5-8,17,20H,9-13H2,2-3H3. The third-order valence-corrected chi connectivity index (χ3v) is 4.16. The number of rotatable bonds is 4. The van der Waals surface area contributed by atoms with Crippen LogP contribution in [0.1, 0.15) is 32.3 Å². The number of hydrogen-bond donors (Lipinski definition) is 1. The highest BCUT2D eigenvalue weighted by molar-refractivity contribution is 5.47. The van der Waals surface area contributed by atoms with Crippen LogP contribution in [0, 0.1) is 23.7 Å². The quantitative estimate of drug-likeness (QED) is 0.862. The van der Waals surface area contributed by atoms with Crippen LogP contribution in [0.3, 0.4) is 0 Å². The zero-order chi connectivity index (χ0) is 15.3. The predicted octanol–water partition coefficient (Wildman–Crippen LogP) is 3.00. The van der Waals surface area contributed by atoms with Gasteiger partial charge >= 0.3 is 0 Å². The lowest BCUT2D eigenvalue weighted by molar-refractivity contribution is 0.243. The minimum absolute atomic E-state index is 0.431. The van der Waals surface area contributed by atoms with Gasteiger partial charge in [-0.2, -0.15) is 5.26 Å². The maximum atomic E-state index is 9.16. The van der Waals surface area contributed by atoms with Crippen molar-refractivity contribution in [1.29, 1.82) is 5.26 Å². The number of terminal acetylenes is 1. The third-order valence-electron chi connectivity index (χ3n) is 4.16. The van der Waals surface area contributed by atoms with Gasteiger partial charge < -0.3 is 5.32 Å². The average Bonchev–Trinajstić information content (AvgIpc) is 2.50. The van der Waals surface area contributed by atoms with Gasteiger partial charge in [0.15, 0.2) is 0 Å². The second-order valence-corrected chi connectivity index (χ2v) is 6.21. The van der Waals surface area contributed by atoms with Crippen LogP contribution in [0.5, 0.6) is 0 Å². The monoisotopic (exact) mass is 281 g/mol. The highest BCUT2D eigenvalue weighted by Crippen LogP contribution is 2.24. The molecule has 1 aliphatic heterocycles. The van der Waals surface area contributed by atoms with E-state index in [1.807, 2.05) is 26.0 Å². The second kappa shape index (κ2) is 6.66. The molecule has 0 aromatic heterocycles. The summed E-state index contributed by atoms with van der Waals surface area (Å²) >= 11 is 0. The van der Waals surface area contributed by atoms with Crippen LogP contribution >= 0.6 is 0 Å². The summed E-state index contributed by atoms with van der Waals surface area (Å²) in [6.07, 6.45) is 7.58. The van der Waals surface area contributed by atoms with E-state index in [1.165, 1.54) is 0 Å². The fraction of sp³-hybridized carbons (Fsp3) is 0.500. The number of likely N-dealkylation sites (tertiary alicyclic amines) is 1. The maximum absolute atomic E-state index is 9.16. The fourth-order valence-corrected chi connectivity index (χ4v) is 2.65. The Bertz CT molecular complexity index is 537. The number of nitrogens with zero attached hydrogens (tertiary/aromatic N) is 2. The first kappa shape index (κ1) is 15.4. The molecule has 1 fully saturated rings. The second-order valence-electron chi connectivity index (χ2n) is 6.21. The number of nitrogens with one attached hydrogen (secondary N) is 1. The first-order valence-electron chi connectivity index (χ1n) is 7.49. The zero-order valence-electron chi connectivity index (χ0n) is 12.9. The van der Waals surface area contributed by atoms with Crippen molar-refractivity contribution in [3.05, 3.63) is 29.8 Å². The Balaban J connectivity index is 1.91. The Morgan fingerprint density at radius 3 is 2.43 bits per heavy atom. The van der Waals surface area contributed by atoms with Crippen LogP contribution in [0.2, 0.25) is 0 Å². The number of hydrogen-bond acceptors (Lipinski definition) is 3. The summed E-state index contributed by atoms with van der Waals surface area (Å²) in [5.74, 6) is 2.71. The molecule has 1 aliphatic rings. The summed E-state index contributed by atoms with van der Waals surface area (Å²) < 4.78 is 0. The van der Waals surface area contributed by atoms with Crippen LogP contribution in [-0.4, -0.2) is 30.6 Å². The van der Waals surface area contributed by atoms with Gasteiger partial charge in [0.05, 0.1) is 18.0 Å². The summed E-state index contributed by atoms with van der Waals surface area (Å²) in [7, 11) is 0. The van der Waals surface area contributed by atoms with Gasteiger partial charge in [0.2, 0.25) is 0 Å². The molecule has 0 aliphatic carbocycles. The van der Waals surface area contributed by atoms with Gasteiger partial charge in [-0.3, -0.25) is 4.90 Å². The number of piperidine rings is 1. The smallest absolute Gasteiger partial charge is 0.0766 e. The fourth-order valence-electron chi connectivity index (χ4n) is 2.65. The first-order valence-corrected chi connectivity index (χ1v) is 7.49. The maximum Gasteiger partial charge on any atom is 0.0766 e. The molecule has 0 unspecified atom stereocenters. The van der Waals surface area contributed by atoms with Crippen molar-refractivity contribution in [1.82, 2.24) is 4.90 Å². The Kier molecular flexibility index (Phi) is 4.89. The Hall–Kier alpha value is -1.97. The summed E-state index contributed by atoms with van der Waals surface area (Å²) in [6.45, 7) is 6.75. The molecule has 1 aromatic carbocycles. The summed E-state index contributed by atoms with van der Waals surface area (Å²) in [4.78, 5) is 2.32. The van der Waals surface area contributed by atoms with Crippen molar-refractivity contribution in [3.8, 4) is 18.4 Å². The van der Waals surface area contributed by atoms with Crippen molar-refractivity contribution >= 4 is 5.69 Å². The van der Waals surface area contributed by atoms with Gasteiger partial charge in [-0.15, -0.1) is 6.42 Å². The van der Waals surface area contributed by atoms with Gasteiger partial charge in [-0.25, -0.2) is 0 Å². The molecule has 3 heteroatoms. The molecule has 110 valence electrons. The molecule has 0 amide bonds. The van der Waals surface area contributed by atoms with E-state index in [-0.39, 0.29) is 0 Å². The lowest BCUT2D eigenvalue weighted by Crippen LogP contribution is -2.39. The largest absolute Gasteiger partial charge is 0.382 e. The van der Waals surface area contributed by atoms with Gasteiger partial charge in [0.1, 0.15) is 0 Å². The number of nitriles is 1. The lowest BCUT2D eigenvalue weighted by atomic mass is 9.86. The van der Waals surface area contributed by atoms with Crippen LogP contribution in [0.25, 0.3) is 0 Å². The molecule has 3 nitrogen and oxygen atoms in total. The molecule has 21 heavy (non-hydrogen) atoms. The molecule has 0 atom stereocenters. The lowest BCUT2D eigenvalue weighted by Gasteiger charge is -2.31. The van der Waals surface area contributed by atoms with Crippen LogP contribution in [-0.2, 0) is 5.41 Å². The van der Waals surface area contributed by atoms with Gasteiger partial charge in [0.25, 0.3) is 0 Å². The highest BCUT2D eigenvalue weighted by Gasteiger charge is 2.20. The van der Waals surface area contributed by atoms with E-state index in [9.17, 15) is 0 Å². The van der Waals surface area contributed by atoms with Crippen molar-refractivity contribution in [2.24, 2.45) is 0 Å². The number of anilines is 1. The van der Waals surface area contributed by atoms with E-state index in [2.05, 4.69) is 34.3 Å². The first-order chi connectivity index (χ1) is 10.0. The minimum atomic E-state index is -0.431. The van der Waals surface area contributed by atoms with Crippen LogP contribution in [0.15, 0.2) is 24.3 Å². The van der Waals surface area contributed by atoms with E-state index in [0.29, 0.717) is 6.04 Å². The van der Waals surface area contributed by atoms with E-state index >= 15 is 0 Å². The molecule has 0 saturated carbocycles. The molecule has 1 aromatic rings. The predicted molar refractivity (Wildman–Crippen MR) is 87.0 cm³/mol. The van der Waals surface area contributed by atoms with Gasteiger partial charge in [-0.05, 0) is 44.4 Å².